The van der Waals surface area contributed by atoms with Crippen LogP contribution in [-0.2, 0) is 5.41 Å². The van der Waals surface area contributed by atoms with Crippen LogP contribution in [0, 0.1) is 11.6 Å². The second-order valence-electron chi connectivity index (χ2n) is 3.91. The minimum atomic E-state index is -0.777. The summed E-state index contributed by atoms with van der Waals surface area (Å²) in [4.78, 5) is 0. The van der Waals surface area contributed by atoms with E-state index < -0.39 is 11.6 Å². The molecule has 1 aliphatic rings. The van der Waals surface area contributed by atoms with Gasteiger partial charge in [-0.05, 0) is 23.3 Å². The summed E-state index contributed by atoms with van der Waals surface area (Å²) >= 11 is 0. The van der Waals surface area contributed by atoms with Gasteiger partial charge in [0.2, 0.25) is 0 Å². The highest BCUT2D eigenvalue weighted by Crippen LogP contribution is 2.36. The zero-order chi connectivity index (χ0) is 9.64. The van der Waals surface area contributed by atoms with Crippen molar-refractivity contribution < 1.29 is 8.78 Å². The number of rotatable bonds is 0. The van der Waals surface area contributed by atoms with Crippen LogP contribution in [0.5, 0.6) is 0 Å². The zero-order valence-corrected chi connectivity index (χ0v) is 7.57. The smallest absolute Gasteiger partial charge is 0.159 e. The molecule has 0 saturated carbocycles. The highest BCUT2D eigenvalue weighted by molar-refractivity contribution is 5.64. The summed E-state index contributed by atoms with van der Waals surface area (Å²) in [6, 6.07) is 2.53. The molecule has 1 aromatic rings. The minimum absolute atomic E-state index is 0.177. The van der Waals surface area contributed by atoms with Crippen LogP contribution in [0.3, 0.4) is 0 Å². The number of hydrogen-bond acceptors (Lipinski definition) is 0. The van der Waals surface area contributed by atoms with Gasteiger partial charge < -0.3 is 0 Å². The summed E-state index contributed by atoms with van der Waals surface area (Å²) in [5.74, 6) is -1.54. The zero-order valence-electron chi connectivity index (χ0n) is 7.57. The van der Waals surface area contributed by atoms with E-state index in [1.807, 2.05) is 26.0 Å². The van der Waals surface area contributed by atoms with E-state index in [0.717, 1.165) is 11.1 Å². The van der Waals surface area contributed by atoms with E-state index in [1.165, 1.54) is 12.1 Å². The van der Waals surface area contributed by atoms with Gasteiger partial charge in [0, 0.05) is 5.41 Å². The van der Waals surface area contributed by atoms with Gasteiger partial charge in [0.05, 0.1) is 0 Å². The SMILES string of the molecule is CC1(C)C=Cc2cc(F)c(F)cc21. The molecular weight excluding hydrogens is 170 g/mol. The maximum absolute atomic E-state index is 12.9. The molecule has 0 N–H and O–H groups in total. The monoisotopic (exact) mass is 180 g/mol. The predicted molar refractivity (Wildman–Crippen MR) is 48.4 cm³/mol. The Kier molecular flexibility index (Phi) is 1.56. The van der Waals surface area contributed by atoms with E-state index in [-0.39, 0.29) is 5.41 Å². The summed E-state index contributed by atoms with van der Waals surface area (Å²) in [6.45, 7) is 3.96. The maximum atomic E-state index is 12.9. The Balaban J connectivity index is 2.66. The van der Waals surface area contributed by atoms with Crippen LogP contribution in [-0.4, -0.2) is 0 Å². The molecule has 0 aromatic heterocycles. The fourth-order valence-electron chi connectivity index (χ4n) is 1.65. The molecule has 0 fully saturated rings. The van der Waals surface area contributed by atoms with Crippen molar-refractivity contribution in [3.05, 3.63) is 41.0 Å². The minimum Gasteiger partial charge on any atom is -0.204 e. The van der Waals surface area contributed by atoms with Crippen molar-refractivity contribution >= 4 is 6.08 Å². The first-order valence-corrected chi connectivity index (χ1v) is 4.19. The lowest BCUT2D eigenvalue weighted by atomic mass is 9.87. The van der Waals surface area contributed by atoms with Crippen molar-refractivity contribution in [2.24, 2.45) is 0 Å². The normalized spacial score (nSPS) is 17.5. The summed E-state index contributed by atoms with van der Waals surface area (Å²) in [6.07, 6.45) is 3.79. The van der Waals surface area contributed by atoms with Crippen molar-refractivity contribution in [3.8, 4) is 0 Å². The molecule has 0 unspecified atom stereocenters. The van der Waals surface area contributed by atoms with Crippen molar-refractivity contribution in [2.45, 2.75) is 19.3 Å². The van der Waals surface area contributed by atoms with E-state index in [2.05, 4.69) is 0 Å². The highest BCUT2D eigenvalue weighted by Gasteiger charge is 2.26. The van der Waals surface area contributed by atoms with Crippen LogP contribution in [0.4, 0.5) is 8.78 Å². The van der Waals surface area contributed by atoms with Gasteiger partial charge in [0.15, 0.2) is 11.6 Å². The Morgan fingerprint density at radius 3 is 2.38 bits per heavy atom. The number of halogens is 2. The van der Waals surface area contributed by atoms with Gasteiger partial charge in [0.1, 0.15) is 0 Å². The summed E-state index contributed by atoms with van der Waals surface area (Å²) in [5.41, 5.74) is 1.46. The van der Waals surface area contributed by atoms with Gasteiger partial charge >= 0.3 is 0 Å². The standard InChI is InChI=1S/C11H10F2/c1-11(2)4-3-7-5-9(12)10(13)6-8(7)11/h3-6H,1-2H3. The lowest BCUT2D eigenvalue weighted by Gasteiger charge is -2.17. The van der Waals surface area contributed by atoms with Crippen molar-refractivity contribution in [3.63, 3.8) is 0 Å². The van der Waals surface area contributed by atoms with E-state index in [1.54, 1.807) is 0 Å². The summed E-state index contributed by atoms with van der Waals surface area (Å²) < 4.78 is 25.7. The van der Waals surface area contributed by atoms with Crippen LogP contribution in [0.1, 0.15) is 25.0 Å². The summed E-state index contributed by atoms with van der Waals surface area (Å²) in [5, 5.41) is 0. The van der Waals surface area contributed by atoms with Gasteiger partial charge in [-0.15, -0.1) is 0 Å². The quantitative estimate of drug-likeness (QED) is 0.574. The molecule has 0 radical (unpaired) electrons. The predicted octanol–water partition coefficient (Wildman–Crippen LogP) is 3.27. The molecule has 0 spiro atoms. The summed E-state index contributed by atoms with van der Waals surface area (Å²) in [7, 11) is 0. The first-order valence-electron chi connectivity index (χ1n) is 4.19. The van der Waals surface area contributed by atoms with Gasteiger partial charge in [0.25, 0.3) is 0 Å². The van der Waals surface area contributed by atoms with Crippen molar-refractivity contribution in [1.82, 2.24) is 0 Å². The maximum Gasteiger partial charge on any atom is 0.159 e. The Morgan fingerprint density at radius 1 is 1.08 bits per heavy atom. The van der Waals surface area contributed by atoms with Crippen LogP contribution in [0.15, 0.2) is 18.2 Å². The van der Waals surface area contributed by atoms with Crippen molar-refractivity contribution in [2.75, 3.05) is 0 Å². The number of hydrogen-bond donors (Lipinski definition) is 0. The molecule has 1 aliphatic carbocycles. The Labute approximate surface area is 75.9 Å². The topological polar surface area (TPSA) is 0 Å². The molecule has 2 heteroatoms. The van der Waals surface area contributed by atoms with Crippen LogP contribution < -0.4 is 0 Å². The van der Waals surface area contributed by atoms with E-state index in [4.69, 9.17) is 0 Å². The van der Waals surface area contributed by atoms with Crippen molar-refractivity contribution in [1.29, 1.82) is 0 Å². The van der Waals surface area contributed by atoms with Gasteiger partial charge in [-0.3, -0.25) is 0 Å². The molecular formula is C11H10F2. The largest absolute Gasteiger partial charge is 0.204 e. The third kappa shape index (κ3) is 1.17. The second-order valence-corrected chi connectivity index (χ2v) is 3.91. The average molecular weight is 180 g/mol. The average Bonchev–Trinajstić information content (AvgIpc) is 2.31. The van der Waals surface area contributed by atoms with Gasteiger partial charge in [-0.2, -0.15) is 0 Å². The molecule has 68 valence electrons. The first-order chi connectivity index (χ1) is 6.00. The van der Waals surface area contributed by atoms with Crippen LogP contribution in [0.2, 0.25) is 0 Å². The number of fused-ring (bicyclic) bond motifs is 1. The van der Waals surface area contributed by atoms with Gasteiger partial charge in [-0.25, -0.2) is 8.78 Å². The molecule has 0 amide bonds. The lowest BCUT2D eigenvalue weighted by Crippen LogP contribution is -2.11. The highest BCUT2D eigenvalue weighted by atomic mass is 19.2. The molecule has 0 aliphatic heterocycles. The molecule has 0 bridgehead atoms. The first kappa shape index (κ1) is 8.42. The number of benzene rings is 1. The Morgan fingerprint density at radius 2 is 1.69 bits per heavy atom. The Bertz CT molecular complexity index is 389. The van der Waals surface area contributed by atoms with E-state index in [9.17, 15) is 8.78 Å². The third-order valence-corrected chi connectivity index (χ3v) is 2.47. The molecule has 13 heavy (non-hydrogen) atoms. The molecule has 2 rings (SSSR count). The van der Waals surface area contributed by atoms with Crippen LogP contribution >= 0.6 is 0 Å². The van der Waals surface area contributed by atoms with Crippen LogP contribution in [0.25, 0.3) is 6.08 Å². The van der Waals surface area contributed by atoms with Gasteiger partial charge in [-0.1, -0.05) is 26.0 Å². The Hall–Kier alpha value is -1.18. The fourth-order valence-corrected chi connectivity index (χ4v) is 1.65. The van der Waals surface area contributed by atoms with E-state index >= 15 is 0 Å². The second kappa shape index (κ2) is 2.41. The fraction of sp³-hybridized carbons (Fsp3) is 0.273. The molecule has 0 nitrogen and oxygen atoms in total. The molecule has 0 atom stereocenters. The molecule has 1 aromatic carbocycles. The third-order valence-electron chi connectivity index (χ3n) is 2.47. The molecule has 0 heterocycles. The number of allylic oxidation sites excluding steroid dienone is 1. The van der Waals surface area contributed by atoms with E-state index in [0.29, 0.717) is 0 Å². The molecule has 0 saturated heterocycles. The lowest BCUT2D eigenvalue weighted by molar-refractivity contribution is 0.504.